The van der Waals surface area contributed by atoms with Crippen LogP contribution in [0.25, 0.3) is 0 Å². The van der Waals surface area contributed by atoms with Crippen molar-refractivity contribution in [2.75, 3.05) is 0 Å². The van der Waals surface area contributed by atoms with E-state index in [0.717, 1.165) is 48.3 Å². The maximum Gasteiger partial charge on any atom is 0.319 e. The molecule has 130 valence electrons. The summed E-state index contributed by atoms with van der Waals surface area (Å²) < 4.78 is 30.1. The maximum atomic E-state index is 12.5. The summed E-state index contributed by atoms with van der Waals surface area (Å²) in [5, 5.41) is 3.79. The highest BCUT2D eigenvalue weighted by Crippen LogP contribution is 2.55. The number of hydroxylamine groups is 1. The van der Waals surface area contributed by atoms with Crippen LogP contribution in [0.1, 0.15) is 37.7 Å². The summed E-state index contributed by atoms with van der Waals surface area (Å²) in [5.74, 6) is 2.08. The Morgan fingerprint density at radius 3 is 2.04 bits per heavy atom. The van der Waals surface area contributed by atoms with Gasteiger partial charge in [-0.25, -0.2) is 0 Å². The molecule has 4 saturated carbocycles. The van der Waals surface area contributed by atoms with Crippen LogP contribution in [0.3, 0.4) is 0 Å². The second-order valence-corrected chi connectivity index (χ2v) is 9.18. The van der Waals surface area contributed by atoms with E-state index in [0.29, 0.717) is 11.8 Å². The average molecular weight is 350 g/mol. The Kier molecular flexibility index (Phi) is 3.88. The zero-order valence-electron chi connectivity index (χ0n) is 13.7. The lowest BCUT2D eigenvalue weighted by molar-refractivity contribution is -0.174. The summed E-state index contributed by atoms with van der Waals surface area (Å²) in [7, 11) is -4.04. The molecule has 0 spiro atoms. The van der Waals surface area contributed by atoms with Crippen LogP contribution < -0.4 is 0 Å². The topological polar surface area (TPSA) is 76.0 Å². The molecular formula is C17H22N2O4S. The monoisotopic (exact) mass is 350 g/mol. The Morgan fingerprint density at radius 2 is 1.54 bits per heavy atom. The van der Waals surface area contributed by atoms with Gasteiger partial charge in [0.05, 0.1) is 16.2 Å². The molecule has 7 heteroatoms. The Morgan fingerprint density at radius 1 is 1.00 bits per heavy atom. The van der Waals surface area contributed by atoms with E-state index in [1.165, 1.54) is 18.6 Å². The number of hydrogen-bond donors (Lipinski definition) is 0. The van der Waals surface area contributed by atoms with Crippen molar-refractivity contribution in [3.8, 4) is 0 Å². The van der Waals surface area contributed by atoms with Crippen LogP contribution in [0.15, 0.2) is 34.4 Å². The fraction of sp³-hybridized carbons (Fsp3) is 0.647. The van der Waals surface area contributed by atoms with Crippen molar-refractivity contribution >= 4 is 10.1 Å². The van der Waals surface area contributed by atoms with Crippen LogP contribution in [0.2, 0.25) is 0 Å². The number of rotatable bonds is 5. The van der Waals surface area contributed by atoms with Gasteiger partial charge in [0.1, 0.15) is 0 Å². The van der Waals surface area contributed by atoms with Crippen molar-refractivity contribution in [1.82, 2.24) is 5.17 Å². The molecule has 6 nitrogen and oxygen atoms in total. The minimum Gasteiger partial charge on any atom is -0.192 e. The van der Waals surface area contributed by atoms with E-state index in [-0.39, 0.29) is 10.9 Å². The molecule has 0 heterocycles. The van der Waals surface area contributed by atoms with Gasteiger partial charge in [-0.3, -0.25) is 0 Å². The van der Waals surface area contributed by atoms with E-state index in [1.54, 1.807) is 12.1 Å². The third kappa shape index (κ3) is 2.73. The fourth-order valence-electron chi connectivity index (χ4n) is 5.22. The normalized spacial score (nSPS) is 34.3. The van der Waals surface area contributed by atoms with E-state index in [1.807, 2.05) is 6.92 Å². The van der Waals surface area contributed by atoms with Gasteiger partial charge in [0, 0.05) is 0 Å². The van der Waals surface area contributed by atoms with Crippen LogP contribution in [0.5, 0.6) is 0 Å². The molecule has 4 aliphatic rings. The second kappa shape index (κ2) is 5.81. The van der Waals surface area contributed by atoms with Crippen molar-refractivity contribution in [3.05, 3.63) is 34.7 Å². The van der Waals surface area contributed by atoms with Gasteiger partial charge in [0.25, 0.3) is 0 Å². The Labute approximate surface area is 142 Å². The van der Waals surface area contributed by atoms with E-state index in [4.69, 9.17) is 4.28 Å². The molecule has 1 aromatic rings. The van der Waals surface area contributed by atoms with Crippen LogP contribution in [0, 0.1) is 35.5 Å². The first-order valence-corrected chi connectivity index (χ1v) is 10.0. The maximum absolute atomic E-state index is 12.5. The van der Waals surface area contributed by atoms with Crippen molar-refractivity contribution in [2.24, 2.45) is 29.0 Å². The molecule has 0 radical (unpaired) electrons. The van der Waals surface area contributed by atoms with Crippen LogP contribution >= 0.6 is 0 Å². The predicted octanol–water partition coefficient (Wildman–Crippen LogP) is 3.42. The van der Waals surface area contributed by atoms with Gasteiger partial charge in [0.2, 0.25) is 0 Å². The highest BCUT2D eigenvalue weighted by Gasteiger charge is 2.52. The predicted molar refractivity (Wildman–Crippen MR) is 87.9 cm³/mol. The Balaban J connectivity index is 1.56. The lowest BCUT2D eigenvalue weighted by Gasteiger charge is -2.54. The molecule has 0 unspecified atom stereocenters. The van der Waals surface area contributed by atoms with Gasteiger partial charge >= 0.3 is 10.1 Å². The average Bonchev–Trinajstić information content (AvgIpc) is 2.53. The third-order valence-electron chi connectivity index (χ3n) is 6.00. The summed E-state index contributed by atoms with van der Waals surface area (Å²) in [5.41, 5.74) is 0.959. The Hall–Kier alpha value is -1.47. The minimum absolute atomic E-state index is 0.0468. The molecule has 4 bridgehead atoms. The summed E-state index contributed by atoms with van der Waals surface area (Å²) in [6, 6.07) is 6.18. The largest absolute Gasteiger partial charge is 0.319 e. The smallest absolute Gasteiger partial charge is 0.192 e. The molecular weight excluding hydrogens is 328 g/mol. The first-order valence-electron chi connectivity index (χ1n) is 8.60. The second-order valence-electron chi connectivity index (χ2n) is 7.65. The van der Waals surface area contributed by atoms with Crippen molar-refractivity contribution in [3.63, 3.8) is 0 Å². The first kappa shape index (κ1) is 16.0. The highest BCUT2D eigenvalue weighted by molar-refractivity contribution is 7.86. The molecule has 5 rings (SSSR count). The molecule has 4 aliphatic carbocycles. The highest BCUT2D eigenvalue weighted by atomic mass is 32.2. The van der Waals surface area contributed by atoms with E-state index in [9.17, 15) is 13.3 Å². The summed E-state index contributed by atoms with van der Waals surface area (Å²) in [6.07, 6.45) is 5.50. The molecule has 1 aromatic carbocycles. The van der Waals surface area contributed by atoms with Crippen LogP contribution in [-0.2, 0) is 14.4 Å². The third-order valence-corrected chi connectivity index (χ3v) is 7.20. The number of nitrogens with zero attached hydrogens (tertiary/aromatic N) is 2. The number of nitroso groups, excluding NO2 is 1. The SMILES string of the molecule is Cc1ccc(S(=O)(=O)ON(N=O)C2C3CC4CC(C3)CC2C4)cc1. The zero-order valence-corrected chi connectivity index (χ0v) is 14.5. The van der Waals surface area contributed by atoms with Gasteiger partial charge in [-0.05, 0) is 74.8 Å². The number of aryl methyl sites for hydroxylation is 1. The lowest BCUT2D eigenvalue weighted by atomic mass is 9.54. The lowest BCUT2D eigenvalue weighted by Crippen LogP contribution is -2.54. The van der Waals surface area contributed by atoms with Gasteiger partial charge in [0.15, 0.2) is 0 Å². The van der Waals surface area contributed by atoms with Crippen LogP contribution in [0.4, 0.5) is 0 Å². The van der Waals surface area contributed by atoms with E-state index < -0.39 is 10.1 Å². The van der Waals surface area contributed by atoms with Crippen molar-refractivity contribution < 1.29 is 12.7 Å². The summed E-state index contributed by atoms with van der Waals surface area (Å²) in [6.45, 7) is 1.88. The first-order chi connectivity index (χ1) is 11.5. The molecule has 0 N–H and O–H groups in total. The molecule has 4 fully saturated rings. The molecule has 24 heavy (non-hydrogen) atoms. The summed E-state index contributed by atoms with van der Waals surface area (Å²) in [4.78, 5) is 11.4. The number of benzene rings is 1. The molecule has 0 amide bonds. The van der Waals surface area contributed by atoms with Gasteiger partial charge in [-0.1, -0.05) is 17.7 Å². The molecule has 0 atom stereocenters. The standard InChI is InChI=1S/C17H22N2O4S/c1-11-2-4-16(5-3-11)24(21,22)23-19(18-20)17-14-7-12-6-13(9-14)10-15(17)8-12/h2-5,12-15,17H,6-10H2,1H3. The zero-order chi connectivity index (χ0) is 16.9. The summed E-state index contributed by atoms with van der Waals surface area (Å²) >= 11 is 0. The van der Waals surface area contributed by atoms with Gasteiger partial charge in [-0.2, -0.15) is 8.42 Å². The van der Waals surface area contributed by atoms with Crippen molar-refractivity contribution in [1.29, 1.82) is 0 Å². The van der Waals surface area contributed by atoms with Gasteiger partial charge < -0.3 is 0 Å². The molecule has 0 aliphatic heterocycles. The fourth-order valence-corrected chi connectivity index (χ4v) is 6.11. The van der Waals surface area contributed by atoms with E-state index in [2.05, 4.69) is 5.29 Å². The van der Waals surface area contributed by atoms with Gasteiger partial charge in [-0.15, -0.1) is 14.4 Å². The van der Waals surface area contributed by atoms with Crippen LogP contribution in [-0.4, -0.2) is 19.6 Å². The Bertz CT molecular complexity index is 703. The molecule has 0 aromatic heterocycles. The quantitative estimate of drug-likeness (QED) is 0.601. The van der Waals surface area contributed by atoms with Crippen molar-refractivity contribution in [2.45, 2.75) is 50.0 Å². The number of hydrogen-bond acceptors (Lipinski definition) is 5. The molecule has 0 saturated heterocycles. The minimum atomic E-state index is -4.04. The van der Waals surface area contributed by atoms with E-state index >= 15 is 0 Å².